The highest BCUT2D eigenvalue weighted by Crippen LogP contribution is 2.28. The van der Waals surface area contributed by atoms with Crippen molar-refractivity contribution < 1.29 is 14.6 Å². The first-order valence-electron chi connectivity index (χ1n) is 7.26. The van der Waals surface area contributed by atoms with Gasteiger partial charge in [0.05, 0.1) is 13.7 Å². The topological polar surface area (TPSA) is 50.7 Å². The van der Waals surface area contributed by atoms with Crippen LogP contribution in [0.2, 0.25) is 0 Å². The Bertz CT molecular complexity index is 393. The Labute approximate surface area is 122 Å². The van der Waals surface area contributed by atoms with E-state index in [0.717, 1.165) is 30.0 Å². The molecule has 1 aromatic carbocycles. The average molecular weight is 281 g/mol. The summed E-state index contributed by atoms with van der Waals surface area (Å²) >= 11 is 0. The van der Waals surface area contributed by atoms with Crippen LogP contribution in [-0.2, 0) is 6.54 Å². The van der Waals surface area contributed by atoms with Gasteiger partial charge in [-0.2, -0.15) is 0 Å². The fraction of sp³-hybridized carbons (Fsp3) is 0.625. The molecule has 0 aromatic heterocycles. The summed E-state index contributed by atoms with van der Waals surface area (Å²) in [6.45, 7) is 7.86. The van der Waals surface area contributed by atoms with E-state index in [1.165, 1.54) is 0 Å². The van der Waals surface area contributed by atoms with Gasteiger partial charge in [0.1, 0.15) is 0 Å². The van der Waals surface area contributed by atoms with Gasteiger partial charge in [-0.25, -0.2) is 0 Å². The van der Waals surface area contributed by atoms with Crippen molar-refractivity contribution in [2.45, 2.75) is 39.8 Å². The van der Waals surface area contributed by atoms with Crippen LogP contribution in [0.5, 0.6) is 11.5 Å². The first kappa shape index (κ1) is 16.8. The van der Waals surface area contributed by atoms with Crippen LogP contribution in [-0.4, -0.2) is 31.5 Å². The molecule has 0 aliphatic heterocycles. The predicted molar refractivity (Wildman–Crippen MR) is 81.3 cm³/mol. The van der Waals surface area contributed by atoms with Crippen molar-refractivity contribution in [3.63, 3.8) is 0 Å². The molecule has 0 heterocycles. The Balaban J connectivity index is 2.67. The molecule has 0 bridgehead atoms. The second-order valence-corrected chi connectivity index (χ2v) is 5.16. The number of rotatable bonds is 9. The highest BCUT2D eigenvalue weighted by molar-refractivity contribution is 5.42. The summed E-state index contributed by atoms with van der Waals surface area (Å²) in [5.41, 5.74) is 1.15. The second-order valence-electron chi connectivity index (χ2n) is 5.16. The molecular formula is C16H27NO3. The molecule has 0 aliphatic carbocycles. The number of hydrogen-bond acceptors (Lipinski definition) is 4. The van der Waals surface area contributed by atoms with E-state index in [1.807, 2.05) is 25.1 Å². The van der Waals surface area contributed by atoms with Crippen molar-refractivity contribution in [2.75, 3.05) is 20.3 Å². The highest BCUT2D eigenvalue weighted by atomic mass is 16.5. The summed E-state index contributed by atoms with van der Waals surface area (Å²) < 4.78 is 10.9. The summed E-state index contributed by atoms with van der Waals surface area (Å²) in [6.07, 6.45) is 0.770. The molecule has 0 fully saturated rings. The minimum Gasteiger partial charge on any atom is -0.493 e. The molecule has 0 spiro atoms. The van der Waals surface area contributed by atoms with Crippen LogP contribution in [0.3, 0.4) is 0 Å². The van der Waals surface area contributed by atoms with Crippen LogP contribution in [0.1, 0.15) is 32.8 Å². The minimum absolute atomic E-state index is 0.211. The van der Waals surface area contributed by atoms with E-state index in [0.29, 0.717) is 18.6 Å². The van der Waals surface area contributed by atoms with Gasteiger partial charge in [-0.15, -0.1) is 0 Å². The van der Waals surface area contributed by atoms with E-state index in [1.54, 1.807) is 7.11 Å². The van der Waals surface area contributed by atoms with E-state index in [-0.39, 0.29) is 6.61 Å². The van der Waals surface area contributed by atoms with Gasteiger partial charge >= 0.3 is 0 Å². The molecule has 0 saturated heterocycles. The van der Waals surface area contributed by atoms with Gasteiger partial charge in [0.25, 0.3) is 0 Å². The van der Waals surface area contributed by atoms with Crippen molar-refractivity contribution in [1.29, 1.82) is 0 Å². The number of methoxy groups -OCH3 is 1. The number of aliphatic hydroxyl groups excluding tert-OH is 1. The van der Waals surface area contributed by atoms with Crippen LogP contribution in [0.25, 0.3) is 0 Å². The third-order valence-corrected chi connectivity index (χ3v) is 3.34. The predicted octanol–water partition coefficient (Wildman–Crippen LogP) is 2.59. The van der Waals surface area contributed by atoms with Crippen LogP contribution >= 0.6 is 0 Å². The normalized spacial score (nSPS) is 12.5. The maximum Gasteiger partial charge on any atom is 0.161 e. The molecule has 1 aromatic rings. The quantitative estimate of drug-likeness (QED) is 0.730. The Morgan fingerprint density at radius 1 is 1.25 bits per heavy atom. The lowest BCUT2D eigenvalue weighted by molar-refractivity contribution is 0.243. The largest absolute Gasteiger partial charge is 0.493 e. The molecule has 1 unspecified atom stereocenters. The van der Waals surface area contributed by atoms with E-state index >= 15 is 0 Å². The molecule has 0 saturated carbocycles. The second kappa shape index (κ2) is 8.82. The molecule has 2 N–H and O–H groups in total. The average Bonchev–Trinajstić information content (AvgIpc) is 2.44. The summed E-state index contributed by atoms with van der Waals surface area (Å²) in [5, 5.41) is 12.6. The third kappa shape index (κ3) is 5.02. The number of aliphatic hydroxyl groups is 1. The zero-order valence-corrected chi connectivity index (χ0v) is 13.0. The molecule has 1 rings (SSSR count). The molecule has 1 atom stereocenters. The molecule has 0 aliphatic rings. The van der Waals surface area contributed by atoms with E-state index in [2.05, 4.69) is 19.2 Å². The Kier molecular flexibility index (Phi) is 7.41. The number of hydrogen-bond donors (Lipinski definition) is 2. The van der Waals surface area contributed by atoms with Gasteiger partial charge in [-0.1, -0.05) is 19.9 Å². The lowest BCUT2D eigenvalue weighted by Crippen LogP contribution is -2.34. The Hall–Kier alpha value is -1.26. The summed E-state index contributed by atoms with van der Waals surface area (Å²) in [7, 11) is 1.65. The molecule has 4 nitrogen and oxygen atoms in total. The first-order chi connectivity index (χ1) is 9.62. The van der Waals surface area contributed by atoms with Gasteiger partial charge in [-0.05, 0) is 37.0 Å². The van der Waals surface area contributed by atoms with Crippen molar-refractivity contribution in [2.24, 2.45) is 5.92 Å². The van der Waals surface area contributed by atoms with Gasteiger partial charge in [0, 0.05) is 19.2 Å². The van der Waals surface area contributed by atoms with Crippen LogP contribution < -0.4 is 14.8 Å². The molecule has 114 valence electrons. The lowest BCUT2D eigenvalue weighted by Gasteiger charge is -2.22. The fourth-order valence-corrected chi connectivity index (χ4v) is 2.16. The Morgan fingerprint density at radius 2 is 2.00 bits per heavy atom. The maximum atomic E-state index is 9.08. The van der Waals surface area contributed by atoms with Gasteiger partial charge < -0.3 is 19.9 Å². The fourth-order valence-electron chi connectivity index (χ4n) is 2.16. The monoisotopic (exact) mass is 281 g/mol. The molecule has 4 heteroatoms. The van der Waals surface area contributed by atoms with E-state index < -0.39 is 0 Å². The highest BCUT2D eigenvalue weighted by Gasteiger charge is 2.12. The summed E-state index contributed by atoms with van der Waals surface area (Å²) in [4.78, 5) is 0. The number of benzene rings is 1. The number of ether oxygens (including phenoxy) is 2. The molecule has 20 heavy (non-hydrogen) atoms. The SMILES string of the molecule is CCOc1ccc(CNC(CCO)C(C)C)cc1OC. The van der Waals surface area contributed by atoms with Crippen molar-refractivity contribution >= 4 is 0 Å². The zero-order valence-electron chi connectivity index (χ0n) is 13.0. The summed E-state index contributed by atoms with van der Waals surface area (Å²) in [5.74, 6) is 2.02. The van der Waals surface area contributed by atoms with Crippen molar-refractivity contribution in [1.82, 2.24) is 5.32 Å². The van der Waals surface area contributed by atoms with Gasteiger partial charge in [-0.3, -0.25) is 0 Å². The van der Waals surface area contributed by atoms with Gasteiger partial charge in [0.15, 0.2) is 11.5 Å². The van der Waals surface area contributed by atoms with Crippen molar-refractivity contribution in [3.8, 4) is 11.5 Å². The summed E-state index contributed by atoms with van der Waals surface area (Å²) in [6, 6.07) is 6.29. The standard InChI is InChI=1S/C16H27NO3/c1-5-20-15-7-6-13(10-16(15)19-4)11-17-14(8-9-18)12(2)3/h6-7,10,12,14,17-18H,5,8-9,11H2,1-4H3. The minimum atomic E-state index is 0.211. The first-order valence-corrected chi connectivity index (χ1v) is 7.26. The zero-order chi connectivity index (χ0) is 15.0. The molecular weight excluding hydrogens is 254 g/mol. The van der Waals surface area contributed by atoms with Crippen molar-refractivity contribution in [3.05, 3.63) is 23.8 Å². The van der Waals surface area contributed by atoms with Gasteiger partial charge in [0.2, 0.25) is 0 Å². The van der Waals surface area contributed by atoms with Crippen LogP contribution in [0, 0.1) is 5.92 Å². The number of nitrogens with one attached hydrogen (secondary N) is 1. The maximum absolute atomic E-state index is 9.08. The van der Waals surface area contributed by atoms with Crippen LogP contribution in [0.4, 0.5) is 0 Å². The van der Waals surface area contributed by atoms with E-state index in [4.69, 9.17) is 14.6 Å². The molecule has 0 amide bonds. The lowest BCUT2D eigenvalue weighted by atomic mass is 10.0. The Morgan fingerprint density at radius 3 is 2.55 bits per heavy atom. The third-order valence-electron chi connectivity index (χ3n) is 3.34. The molecule has 0 radical (unpaired) electrons. The van der Waals surface area contributed by atoms with E-state index in [9.17, 15) is 0 Å². The van der Waals surface area contributed by atoms with Crippen LogP contribution in [0.15, 0.2) is 18.2 Å². The smallest absolute Gasteiger partial charge is 0.161 e.